The SMILES string of the molecule is O=C1C(=O)N(c2ccc(C(F)(F)F)cc2)[C@@H](c2cccc(OC(F)(F)F)c2)C1C1(O)CC(c2cccc(OC(F)(F)F)c2)N(c2ccc(C(F)(F)F)cc2)C1=O. The highest BCUT2D eigenvalue weighted by molar-refractivity contribution is 6.45. The highest BCUT2D eigenvalue weighted by Gasteiger charge is 2.65. The second kappa shape index (κ2) is 13.7. The van der Waals surface area contributed by atoms with Crippen LogP contribution in [0.2, 0.25) is 0 Å². The summed E-state index contributed by atoms with van der Waals surface area (Å²) >= 11 is 0. The highest BCUT2D eigenvalue weighted by atomic mass is 19.4. The normalized spacial score (nSPS) is 22.2. The Morgan fingerprint density at radius 1 is 0.589 bits per heavy atom. The van der Waals surface area contributed by atoms with Crippen LogP contribution < -0.4 is 19.3 Å². The molecule has 4 aromatic rings. The fraction of sp³-hybridized carbons (Fsp3) is 0.250. The van der Waals surface area contributed by atoms with E-state index in [1.807, 2.05) is 0 Å². The number of hydrogen-bond acceptors (Lipinski definition) is 6. The topological polar surface area (TPSA) is 96.4 Å². The summed E-state index contributed by atoms with van der Waals surface area (Å²) in [6, 6.07) is 9.09. The third-order valence-electron chi connectivity index (χ3n) is 9.08. The Labute approximate surface area is 306 Å². The van der Waals surface area contributed by atoms with Gasteiger partial charge in [0.05, 0.1) is 29.1 Å². The van der Waals surface area contributed by atoms with Crippen LogP contribution in [0.4, 0.5) is 64.1 Å². The molecule has 0 spiro atoms. The molecule has 0 bridgehead atoms. The van der Waals surface area contributed by atoms with Crippen molar-refractivity contribution in [1.29, 1.82) is 0 Å². The van der Waals surface area contributed by atoms with Crippen molar-refractivity contribution in [3.63, 3.8) is 0 Å². The van der Waals surface area contributed by atoms with Crippen molar-refractivity contribution in [2.45, 2.75) is 49.2 Å². The summed E-state index contributed by atoms with van der Waals surface area (Å²) in [5.74, 6) is -8.61. The lowest BCUT2D eigenvalue weighted by molar-refractivity contribution is -0.275. The first-order valence-electron chi connectivity index (χ1n) is 15.9. The van der Waals surface area contributed by atoms with Gasteiger partial charge in [-0.1, -0.05) is 24.3 Å². The van der Waals surface area contributed by atoms with Gasteiger partial charge in [-0.3, -0.25) is 19.3 Å². The molecule has 20 heteroatoms. The number of benzene rings is 4. The van der Waals surface area contributed by atoms with Gasteiger partial charge in [0.1, 0.15) is 11.5 Å². The first-order valence-corrected chi connectivity index (χ1v) is 15.9. The van der Waals surface area contributed by atoms with E-state index in [0.29, 0.717) is 40.1 Å². The van der Waals surface area contributed by atoms with E-state index in [4.69, 9.17) is 0 Å². The van der Waals surface area contributed by atoms with Crippen molar-refractivity contribution in [3.8, 4) is 11.5 Å². The largest absolute Gasteiger partial charge is 0.573 e. The van der Waals surface area contributed by atoms with Crippen molar-refractivity contribution >= 4 is 29.0 Å². The highest BCUT2D eigenvalue weighted by Crippen LogP contribution is 2.53. The first-order chi connectivity index (χ1) is 25.9. The lowest BCUT2D eigenvalue weighted by Crippen LogP contribution is -2.50. The predicted molar refractivity (Wildman–Crippen MR) is 168 cm³/mol. The van der Waals surface area contributed by atoms with Gasteiger partial charge in [0, 0.05) is 17.8 Å². The zero-order valence-electron chi connectivity index (χ0n) is 27.6. The van der Waals surface area contributed by atoms with E-state index >= 15 is 0 Å². The number of amides is 2. The predicted octanol–water partition coefficient (Wildman–Crippen LogP) is 8.70. The molecule has 8 nitrogen and oxygen atoms in total. The summed E-state index contributed by atoms with van der Waals surface area (Å²) in [5, 5.41) is 12.4. The van der Waals surface area contributed by atoms with E-state index in [2.05, 4.69) is 9.47 Å². The van der Waals surface area contributed by atoms with Crippen molar-refractivity contribution in [2.75, 3.05) is 9.80 Å². The Morgan fingerprint density at radius 2 is 1.02 bits per heavy atom. The molecule has 3 unspecified atom stereocenters. The number of ether oxygens (including phenoxy) is 2. The fourth-order valence-electron chi connectivity index (χ4n) is 6.85. The van der Waals surface area contributed by atoms with Crippen LogP contribution in [-0.2, 0) is 26.7 Å². The first kappa shape index (κ1) is 39.9. The Kier molecular flexibility index (Phi) is 9.79. The Morgan fingerprint density at radius 3 is 1.46 bits per heavy atom. The van der Waals surface area contributed by atoms with Gasteiger partial charge < -0.3 is 19.5 Å². The Bertz CT molecular complexity index is 2150. The third-order valence-corrected chi connectivity index (χ3v) is 9.08. The quantitative estimate of drug-likeness (QED) is 0.148. The molecule has 2 heterocycles. The van der Waals surface area contributed by atoms with Crippen LogP contribution in [0.1, 0.15) is 40.8 Å². The maximum atomic E-state index is 14.5. The zero-order chi connectivity index (χ0) is 41.2. The summed E-state index contributed by atoms with van der Waals surface area (Å²) in [6.07, 6.45) is -21.2. The molecule has 0 saturated carbocycles. The van der Waals surface area contributed by atoms with Crippen molar-refractivity contribution in [3.05, 3.63) is 119 Å². The van der Waals surface area contributed by atoms with E-state index in [9.17, 15) is 72.2 Å². The second-order valence-electron chi connectivity index (χ2n) is 12.6. The number of carbonyl (C=O) groups excluding carboxylic acids is 3. The third kappa shape index (κ3) is 7.82. The maximum Gasteiger partial charge on any atom is 0.573 e. The number of hydrogen-bond donors (Lipinski definition) is 1. The van der Waals surface area contributed by atoms with E-state index in [1.165, 1.54) is 0 Å². The van der Waals surface area contributed by atoms with E-state index in [1.54, 1.807) is 0 Å². The molecule has 296 valence electrons. The Balaban J connectivity index is 1.53. The lowest BCUT2D eigenvalue weighted by Gasteiger charge is -2.34. The average Bonchev–Trinajstić information content (AvgIpc) is 3.52. The maximum absolute atomic E-state index is 14.5. The van der Waals surface area contributed by atoms with Crippen LogP contribution in [0, 0.1) is 5.92 Å². The average molecular weight is 807 g/mol. The van der Waals surface area contributed by atoms with E-state index in [-0.39, 0.29) is 11.3 Å². The lowest BCUT2D eigenvalue weighted by atomic mass is 9.76. The van der Waals surface area contributed by atoms with Gasteiger partial charge >= 0.3 is 25.1 Å². The summed E-state index contributed by atoms with van der Waals surface area (Å²) in [7, 11) is 0. The van der Waals surface area contributed by atoms with Gasteiger partial charge in [-0.2, -0.15) is 26.3 Å². The van der Waals surface area contributed by atoms with Crippen LogP contribution in [0.15, 0.2) is 97.1 Å². The summed E-state index contributed by atoms with van der Waals surface area (Å²) in [6.45, 7) is 0. The molecule has 1 N–H and O–H groups in total. The molecule has 2 aliphatic heterocycles. The number of anilines is 2. The Hall–Kier alpha value is -5.79. The van der Waals surface area contributed by atoms with Crippen molar-refractivity contribution in [2.24, 2.45) is 5.92 Å². The minimum Gasteiger partial charge on any atom is -0.406 e. The molecule has 2 amide bonds. The molecule has 0 aliphatic carbocycles. The minimum atomic E-state index is -5.27. The molecule has 4 aromatic carbocycles. The van der Waals surface area contributed by atoms with Crippen LogP contribution in [0.3, 0.4) is 0 Å². The number of Topliss-reactive ketones (excluding diaryl/α,β-unsaturated/α-hetero) is 1. The minimum absolute atomic E-state index is 0.218. The zero-order valence-corrected chi connectivity index (χ0v) is 27.6. The molecule has 4 atom stereocenters. The summed E-state index contributed by atoms with van der Waals surface area (Å²) < 4.78 is 168. The number of nitrogens with zero attached hydrogens (tertiary/aromatic N) is 2. The standard InChI is InChI=1S/C36H22F12N2O6/c37-33(38,39)20-7-11-22(12-8-20)49-26(18-3-1-5-24(15-18)55-35(43,44)45)17-32(54,31(49)53)27-28(19-4-2-6-25(16-19)56-36(46,47)48)50(30(52)29(27)51)23-13-9-21(10-14-23)34(40,41)42/h1-16,26-28,54H,17H2/t26?,27?,28-,32?/m0/s1. The van der Waals surface area contributed by atoms with Gasteiger partial charge in [-0.05, 0) is 83.9 Å². The molecule has 6 rings (SSSR count). The number of ketones is 1. The van der Waals surface area contributed by atoms with E-state index < -0.39 is 107 Å². The van der Waals surface area contributed by atoms with E-state index in [0.717, 1.165) is 66.7 Å². The number of aliphatic hydroxyl groups is 1. The number of rotatable bonds is 7. The monoisotopic (exact) mass is 806 g/mol. The van der Waals surface area contributed by atoms with Crippen LogP contribution in [0.5, 0.6) is 11.5 Å². The molecule has 2 saturated heterocycles. The van der Waals surface area contributed by atoms with Gasteiger partial charge in [-0.25, -0.2) is 0 Å². The number of carbonyl (C=O) groups is 3. The molecule has 0 radical (unpaired) electrons. The summed E-state index contributed by atoms with van der Waals surface area (Å²) in [5.41, 5.74) is -6.94. The summed E-state index contributed by atoms with van der Waals surface area (Å²) in [4.78, 5) is 43.6. The smallest absolute Gasteiger partial charge is 0.406 e. The van der Waals surface area contributed by atoms with Crippen molar-refractivity contribution < 1.29 is 81.6 Å². The fourth-order valence-corrected chi connectivity index (χ4v) is 6.85. The van der Waals surface area contributed by atoms with Crippen LogP contribution in [0.25, 0.3) is 0 Å². The molecule has 56 heavy (non-hydrogen) atoms. The van der Waals surface area contributed by atoms with Crippen molar-refractivity contribution in [1.82, 2.24) is 0 Å². The second-order valence-corrected chi connectivity index (χ2v) is 12.6. The van der Waals surface area contributed by atoms with Crippen LogP contribution >= 0.6 is 0 Å². The molecule has 2 aliphatic rings. The van der Waals surface area contributed by atoms with Gasteiger partial charge in [-0.15, -0.1) is 26.3 Å². The molecule has 2 fully saturated rings. The molecular formula is C36H22F12N2O6. The van der Waals surface area contributed by atoms with Gasteiger partial charge in [0.2, 0.25) is 5.78 Å². The number of alkyl halides is 12. The van der Waals surface area contributed by atoms with Crippen LogP contribution in [-0.4, -0.2) is 41.0 Å². The van der Waals surface area contributed by atoms with Gasteiger partial charge in [0.15, 0.2) is 5.60 Å². The molecular weight excluding hydrogens is 784 g/mol. The number of halogens is 12. The molecule has 0 aromatic heterocycles. The van der Waals surface area contributed by atoms with Gasteiger partial charge in [0.25, 0.3) is 11.8 Å².